The smallest absolute Gasteiger partial charge is 0.0927 e. The number of nitrogens with zero attached hydrogens (tertiary/aromatic N) is 2. The third kappa shape index (κ3) is 1.48. The van der Waals surface area contributed by atoms with E-state index in [0.717, 1.165) is 11.2 Å². The van der Waals surface area contributed by atoms with Crippen LogP contribution in [0.4, 0.5) is 0 Å². The van der Waals surface area contributed by atoms with Crippen LogP contribution in [0.2, 0.25) is 0 Å². The minimum Gasteiger partial charge on any atom is -0.240 e. The largest absolute Gasteiger partial charge is 0.240 e. The van der Waals surface area contributed by atoms with Crippen molar-refractivity contribution < 1.29 is 0 Å². The second-order valence-corrected chi connectivity index (χ2v) is 3.97. The van der Waals surface area contributed by atoms with Gasteiger partial charge in [0.1, 0.15) is 0 Å². The first-order valence-corrected chi connectivity index (χ1v) is 5.34. The lowest BCUT2D eigenvalue weighted by Crippen LogP contribution is -1.93. The predicted molar refractivity (Wildman–Crippen MR) is 65.8 cm³/mol. The molecule has 2 heteroatoms. The molecular weight excluding hydrogens is 196 g/mol. The average molecular weight is 208 g/mol. The topological polar surface area (TPSA) is 17.8 Å². The summed E-state index contributed by atoms with van der Waals surface area (Å²) in [6.45, 7) is 2.09. The van der Waals surface area contributed by atoms with Gasteiger partial charge in [-0.25, -0.2) is 4.68 Å². The van der Waals surface area contributed by atoms with E-state index in [2.05, 4.69) is 48.6 Å². The lowest BCUT2D eigenvalue weighted by Gasteiger charge is -2.01. The molecule has 0 radical (unpaired) electrons. The van der Waals surface area contributed by atoms with Crippen LogP contribution in [0.25, 0.3) is 16.6 Å². The Morgan fingerprint density at radius 1 is 1.00 bits per heavy atom. The molecular formula is C14H12N2. The Hall–Kier alpha value is -2.09. The molecule has 0 saturated heterocycles. The summed E-state index contributed by atoms with van der Waals surface area (Å²) in [5.41, 5.74) is 3.39. The van der Waals surface area contributed by atoms with Crippen molar-refractivity contribution in [2.45, 2.75) is 6.92 Å². The molecule has 0 fully saturated rings. The lowest BCUT2D eigenvalue weighted by atomic mass is 10.2. The van der Waals surface area contributed by atoms with E-state index in [4.69, 9.17) is 0 Å². The molecule has 0 aliphatic carbocycles. The molecule has 16 heavy (non-hydrogen) atoms. The van der Waals surface area contributed by atoms with Gasteiger partial charge in [0.15, 0.2) is 0 Å². The normalized spacial score (nSPS) is 10.8. The van der Waals surface area contributed by atoms with Gasteiger partial charge in [-0.15, -0.1) is 0 Å². The summed E-state index contributed by atoms with van der Waals surface area (Å²) >= 11 is 0. The van der Waals surface area contributed by atoms with E-state index >= 15 is 0 Å². The Morgan fingerprint density at radius 2 is 1.88 bits per heavy atom. The van der Waals surface area contributed by atoms with E-state index in [0.29, 0.717) is 0 Å². The van der Waals surface area contributed by atoms with E-state index in [9.17, 15) is 0 Å². The molecule has 0 aliphatic heterocycles. The summed E-state index contributed by atoms with van der Waals surface area (Å²) < 4.78 is 1.93. The van der Waals surface area contributed by atoms with Crippen molar-refractivity contribution in [2.75, 3.05) is 0 Å². The highest BCUT2D eigenvalue weighted by Gasteiger charge is 2.01. The molecule has 2 aromatic carbocycles. The Morgan fingerprint density at radius 3 is 2.69 bits per heavy atom. The lowest BCUT2D eigenvalue weighted by molar-refractivity contribution is 0.895. The van der Waals surface area contributed by atoms with Crippen LogP contribution in [0.15, 0.2) is 54.7 Å². The fourth-order valence-electron chi connectivity index (χ4n) is 1.87. The molecule has 0 N–H and O–H groups in total. The van der Waals surface area contributed by atoms with Crippen LogP contribution in [0.3, 0.4) is 0 Å². The van der Waals surface area contributed by atoms with Gasteiger partial charge in [0.2, 0.25) is 0 Å². The van der Waals surface area contributed by atoms with Crippen molar-refractivity contribution in [3.8, 4) is 5.69 Å². The zero-order valence-corrected chi connectivity index (χ0v) is 9.09. The molecule has 0 spiro atoms. The van der Waals surface area contributed by atoms with Crippen molar-refractivity contribution in [1.29, 1.82) is 0 Å². The Balaban J connectivity index is 2.19. The number of benzene rings is 2. The van der Waals surface area contributed by atoms with Gasteiger partial charge in [0.05, 0.1) is 11.2 Å². The summed E-state index contributed by atoms with van der Waals surface area (Å²) in [5, 5.41) is 5.71. The maximum Gasteiger partial charge on any atom is 0.0927 e. The summed E-state index contributed by atoms with van der Waals surface area (Å²) in [6, 6.07) is 16.5. The van der Waals surface area contributed by atoms with Crippen molar-refractivity contribution in [3.05, 3.63) is 60.3 Å². The van der Waals surface area contributed by atoms with Crippen LogP contribution in [0.5, 0.6) is 0 Å². The molecule has 1 heterocycles. The van der Waals surface area contributed by atoms with Gasteiger partial charge in [-0.05, 0) is 30.7 Å². The van der Waals surface area contributed by atoms with Gasteiger partial charge in [-0.2, -0.15) is 5.10 Å². The highest BCUT2D eigenvalue weighted by molar-refractivity contribution is 5.78. The molecule has 0 unspecified atom stereocenters. The minimum absolute atomic E-state index is 1.03. The molecule has 3 rings (SSSR count). The SMILES string of the molecule is Cc1cccc(-n2cc3ccccc3n2)c1. The zero-order valence-electron chi connectivity index (χ0n) is 9.09. The summed E-state index contributed by atoms with van der Waals surface area (Å²) in [5.74, 6) is 0. The Bertz CT molecular complexity index is 605. The minimum atomic E-state index is 1.03. The van der Waals surface area contributed by atoms with Crippen LogP contribution >= 0.6 is 0 Å². The maximum absolute atomic E-state index is 4.54. The molecule has 78 valence electrons. The van der Waals surface area contributed by atoms with E-state index in [1.165, 1.54) is 10.9 Å². The van der Waals surface area contributed by atoms with Crippen LogP contribution < -0.4 is 0 Å². The van der Waals surface area contributed by atoms with Gasteiger partial charge < -0.3 is 0 Å². The monoisotopic (exact) mass is 208 g/mol. The third-order valence-electron chi connectivity index (χ3n) is 2.68. The number of aryl methyl sites for hydroxylation is 1. The van der Waals surface area contributed by atoms with E-state index in [-0.39, 0.29) is 0 Å². The van der Waals surface area contributed by atoms with Gasteiger partial charge in [-0.3, -0.25) is 0 Å². The fraction of sp³-hybridized carbons (Fsp3) is 0.0714. The molecule has 0 amide bonds. The second kappa shape index (κ2) is 3.49. The quantitative estimate of drug-likeness (QED) is 0.599. The molecule has 0 aliphatic rings. The third-order valence-corrected chi connectivity index (χ3v) is 2.68. The summed E-state index contributed by atoms with van der Waals surface area (Å²) in [6.07, 6.45) is 2.06. The van der Waals surface area contributed by atoms with E-state index < -0.39 is 0 Å². The van der Waals surface area contributed by atoms with Gasteiger partial charge >= 0.3 is 0 Å². The number of aromatic nitrogens is 2. The molecule has 0 saturated carbocycles. The predicted octanol–water partition coefficient (Wildman–Crippen LogP) is 3.33. The van der Waals surface area contributed by atoms with Crippen molar-refractivity contribution in [2.24, 2.45) is 0 Å². The number of hydrogen-bond acceptors (Lipinski definition) is 1. The van der Waals surface area contributed by atoms with Gasteiger partial charge in [0.25, 0.3) is 0 Å². The number of fused-ring (bicyclic) bond motifs is 1. The number of rotatable bonds is 1. The van der Waals surface area contributed by atoms with Crippen molar-refractivity contribution >= 4 is 10.9 Å². The molecule has 2 nitrogen and oxygen atoms in total. The fourth-order valence-corrected chi connectivity index (χ4v) is 1.87. The Kier molecular flexibility index (Phi) is 2.00. The van der Waals surface area contributed by atoms with Crippen LogP contribution in [-0.4, -0.2) is 9.78 Å². The van der Waals surface area contributed by atoms with E-state index in [1.807, 2.05) is 22.9 Å². The van der Waals surface area contributed by atoms with Gasteiger partial charge in [-0.1, -0.05) is 30.3 Å². The van der Waals surface area contributed by atoms with Crippen molar-refractivity contribution in [1.82, 2.24) is 9.78 Å². The average Bonchev–Trinajstić information content (AvgIpc) is 2.72. The summed E-state index contributed by atoms with van der Waals surface area (Å²) in [7, 11) is 0. The highest BCUT2D eigenvalue weighted by atomic mass is 15.3. The highest BCUT2D eigenvalue weighted by Crippen LogP contribution is 2.15. The standard InChI is InChI=1S/C14H12N2/c1-11-5-4-7-13(9-11)16-10-12-6-2-3-8-14(12)15-16/h2-10H,1H3. The molecule has 1 aromatic heterocycles. The maximum atomic E-state index is 4.54. The number of hydrogen-bond donors (Lipinski definition) is 0. The Labute approximate surface area is 94.1 Å². The van der Waals surface area contributed by atoms with E-state index in [1.54, 1.807) is 0 Å². The first-order chi connectivity index (χ1) is 7.83. The molecule has 0 atom stereocenters. The van der Waals surface area contributed by atoms with Crippen LogP contribution in [0, 0.1) is 6.92 Å². The first-order valence-electron chi connectivity index (χ1n) is 5.34. The molecule has 3 aromatic rings. The first kappa shape index (κ1) is 9.16. The van der Waals surface area contributed by atoms with Crippen molar-refractivity contribution in [3.63, 3.8) is 0 Å². The second-order valence-electron chi connectivity index (χ2n) is 3.97. The van der Waals surface area contributed by atoms with Gasteiger partial charge in [0, 0.05) is 11.6 Å². The summed E-state index contributed by atoms with van der Waals surface area (Å²) in [4.78, 5) is 0. The van der Waals surface area contributed by atoms with Crippen LogP contribution in [0.1, 0.15) is 5.56 Å². The molecule has 0 bridgehead atoms. The van der Waals surface area contributed by atoms with Crippen LogP contribution in [-0.2, 0) is 0 Å². The zero-order chi connectivity index (χ0) is 11.0.